The molecule has 0 aromatic heterocycles. The molecule has 6 nitrogen and oxygen atoms in total. The van der Waals surface area contributed by atoms with Gasteiger partial charge in [0.2, 0.25) is 17.7 Å². The number of hydrogen-bond donors (Lipinski definition) is 1. The van der Waals surface area contributed by atoms with Crippen LogP contribution in [0.1, 0.15) is 6.42 Å². The molecule has 0 spiro atoms. The highest BCUT2D eigenvalue weighted by Gasteiger charge is 2.35. The molecule has 25 heavy (non-hydrogen) atoms. The Bertz CT molecular complexity index is 826. The predicted molar refractivity (Wildman–Crippen MR) is 96.1 cm³/mol. The van der Waals surface area contributed by atoms with Gasteiger partial charge in [-0.2, -0.15) is 0 Å². The number of anilines is 1. The van der Waals surface area contributed by atoms with E-state index in [1.54, 1.807) is 19.0 Å². The number of carbonyl (C=O) groups excluding carboxylic acids is 3. The maximum absolute atomic E-state index is 12.5. The van der Waals surface area contributed by atoms with E-state index in [1.807, 2.05) is 42.5 Å². The second-order valence-electron chi connectivity index (χ2n) is 6.41. The lowest BCUT2D eigenvalue weighted by Gasteiger charge is -2.19. The van der Waals surface area contributed by atoms with Gasteiger partial charge in [-0.3, -0.25) is 14.4 Å². The Hall–Kier alpha value is -2.89. The normalized spacial score (nSPS) is 17.0. The Labute approximate surface area is 146 Å². The third kappa shape index (κ3) is 3.47. The van der Waals surface area contributed by atoms with Crippen LogP contribution in [0, 0.1) is 5.92 Å². The van der Waals surface area contributed by atoms with Gasteiger partial charge in [0.05, 0.1) is 18.2 Å². The zero-order chi connectivity index (χ0) is 18.0. The van der Waals surface area contributed by atoms with Gasteiger partial charge in [-0.1, -0.05) is 36.4 Å². The first-order valence-corrected chi connectivity index (χ1v) is 8.23. The average Bonchev–Trinajstić information content (AvgIpc) is 3.00. The topological polar surface area (TPSA) is 69.7 Å². The summed E-state index contributed by atoms with van der Waals surface area (Å²) in [6.45, 7) is 0.277. The van der Waals surface area contributed by atoms with E-state index >= 15 is 0 Å². The third-order valence-electron chi connectivity index (χ3n) is 4.47. The summed E-state index contributed by atoms with van der Waals surface area (Å²) in [5, 5.41) is 4.67. The van der Waals surface area contributed by atoms with Crippen LogP contribution in [0.15, 0.2) is 42.5 Å². The highest BCUT2D eigenvalue weighted by atomic mass is 16.2. The highest BCUT2D eigenvalue weighted by Crippen LogP contribution is 2.31. The van der Waals surface area contributed by atoms with Crippen LogP contribution in [-0.4, -0.2) is 49.8 Å². The van der Waals surface area contributed by atoms with Crippen LogP contribution in [-0.2, 0) is 14.4 Å². The monoisotopic (exact) mass is 339 g/mol. The molecule has 1 saturated heterocycles. The molecule has 1 fully saturated rings. The molecule has 0 bridgehead atoms. The number of fused-ring (bicyclic) bond motifs is 1. The van der Waals surface area contributed by atoms with Crippen molar-refractivity contribution in [2.45, 2.75) is 6.42 Å². The second kappa shape index (κ2) is 6.93. The second-order valence-corrected chi connectivity index (χ2v) is 6.41. The summed E-state index contributed by atoms with van der Waals surface area (Å²) in [5.41, 5.74) is 0.822. The van der Waals surface area contributed by atoms with Crippen LogP contribution >= 0.6 is 0 Å². The van der Waals surface area contributed by atoms with E-state index in [-0.39, 0.29) is 30.7 Å². The van der Waals surface area contributed by atoms with E-state index in [4.69, 9.17) is 0 Å². The fraction of sp³-hybridized carbons (Fsp3) is 0.316. The van der Waals surface area contributed by atoms with Crippen molar-refractivity contribution in [3.63, 3.8) is 0 Å². The lowest BCUT2D eigenvalue weighted by Crippen LogP contribution is -2.39. The first-order valence-electron chi connectivity index (χ1n) is 8.23. The minimum atomic E-state index is -0.443. The molecule has 1 atom stereocenters. The van der Waals surface area contributed by atoms with Crippen molar-refractivity contribution < 1.29 is 14.4 Å². The van der Waals surface area contributed by atoms with Crippen molar-refractivity contribution in [2.24, 2.45) is 5.92 Å². The van der Waals surface area contributed by atoms with Crippen molar-refractivity contribution in [1.82, 2.24) is 10.2 Å². The molecule has 0 saturated carbocycles. The zero-order valence-electron chi connectivity index (χ0n) is 14.4. The standard InChI is InChI=1S/C19H21N3O3/c1-21(2)18(24)11-20-19(25)14-10-17(23)22(12-14)16-9-5-7-13-6-3-4-8-15(13)16/h3-9,14H,10-12H2,1-2H3,(H,20,25)/t14-/m1/s1. The average molecular weight is 339 g/mol. The lowest BCUT2D eigenvalue weighted by molar-refractivity contribution is -0.132. The summed E-state index contributed by atoms with van der Waals surface area (Å²) in [6.07, 6.45) is 0.158. The first-order chi connectivity index (χ1) is 12.0. The number of carbonyl (C=O) groups is 3. The molecule has 2 aromatic rings. The van der Waals surface area contributed by atoms with E-state index in [0.29, 0.717) is 6.54 Å². The van der Waals surface area contributed by atoms with Gasteiger partial charge in [-0.05, 0) is 11.5 Å². The van der Waals surface area contributed by atoms with E-state index in [2.05, 4.69) is 5.32 Å². The number of likely N-dealkylation sites (N-methyl/N-ethyl adjacent to an activating group) is 1. The molecule has 0 unspecified atom stereocenters. The van der Waals surface area contributed by atoms with Crippen LogP contribution in [0.5, 0.6) is 0 Å². The quantitative estimate of drug-likeness (QED) is 0.915. The van der Waals surface area contributed by atoms with Gasteiger partial charge in [0.25, 0.3) is 0 Å². The van der Waals surface area contributed by atoms with Gasteiger partial charge in [-0.25, -0.2) is 0 Å². The van der Waals surface area contributed by atoms with E-state index in [1.165, 1.54) is 4.90 Å². The third-order valence-corrected chi connectivity index (χ3v) is 4.47. The van der Waals surface area contributed by atoms with Crippen molar-refractivity contribution in [1.29, 1.82) is 0 Å². The number of hydrogen-bond acceptors (Lipinski definition) is 3. The summed E-state index contributed by atoms with van der Waals surface area (Å²) in [5.74, 6) is -0.952. The first kappa shape index (κ1) is 17.0. The number of nitrogens with zero attached hydrogens (tertiary/aromatic N) is 2. The summed E-state index contributed by atoms with van der Waals surface area (Å²) >= 11 is 0. The number of amides is 3. The van der Waals surface area contributed by atoms with Crippen molar-refractivity contribution in [3.05, 3.63) is 42.5 Å². The molecule has 0 radical (unpaired) electrons. The Morgan fingerprint density at radius 1 is 1.16 bits per heavy atom. The Morgan fingerprint density at radius 2 is 1.88 bits per heavy atom. The van der Waals surface area contributed by atoms with E-state index < -0.39 is 5.92 Å². The smallest absolute Gasteiger partial charge is 0.241 e. The number of rotatable bonds is 4. The van der Waals surface area contributed by atoms with Crippen LogP contribution in [0.2, 0.25) is 0 Å². The lowest BCUT2D eigenvalue weighted by atomic mass is 10.1. The predicted octanol–water partition coefficient (Wildman–Crippen LogP) is 1.40. The van der Waals surface area contributed by atoms with Crippen LogP contribution in [0.4, 0.5) is 5.69 Å². The fourth-order valence-corrected chi connectivity index (χ4v) is 3.02. The van der Waals surface area contributed by atoms with Crippen molar-refractivity contribution in [3.8, 4) is 0 Å². The molecule has 1 aliphatic rings. The minimum absolute atomic E-state index is 0.0508. The Morgan fingerprint density at radius 3 is 2.64 bits per heavy atom. The Balaban J connectivity index is 1.74. The molecule has 130 valence electrons. The number of nitrogens with one attached hydrogen (secondary N) is 1. The molecule has 2 aromatic carbocycles. The van der Waals surface area contributed by atoms with Gasteiger partial charge >= 0.3 is 0 Å². The minimum Gasteiger partial charge on any atom is -0.347 e. The van der Waals surface area contributed by atoms with E-state index in [9.17, 15) is 14.4 Å². The summed E-state index contributed by atoms with van der Waals surface area (Å²) in [7, 11) is 3.27. The van der Waals surface area contributed by atoms with Gasteiger partial charge < -0.3 is 15.1 Å². The van der Waals surface area contributed by atoms with Crippen LogP contribution < -0.4 is 10.2 Å². The molecular formula is C19H21N3O3. The molecule has 6 heteroatoms. The molecular weight excluding hydrogens is 318 g/mol. The summed E-state index contributed by atoms with van der Waals surface area (Å²) < 4.78 is 0. The van der Waals surface area contributed by atoms with Crippen LogP contribution in [0.25, 0.3) is 10.8 Å². The number of benzene rings is 2. The molecule has 1 heterocycles. The van der Waals surface area contributed by atoms with Gasteiger partial charge in [0, 0.05) is 32.4 Å². The molecule has 1 aliphatic heterocycles. The summed E-state index contributed by atoms with van der Waals surface area (Å²) in [6, 6.07) is 13.7. The van der Waals surface area contributed by atoms with Crippen molar-refractivity contribution in [2.75, 3.05) is 32.1 Å². The van der Waals surface area contributed by atoms with Gasteiger partial charge in [0.1, 0.15) is 0 Å². The Kier molecular flexibility index (Phi) is 4.70. The van der Waals surface area contributed by atoms with Crippen LogP contribution in [0.3, 0.4) is 0 Å². The van der Waals surface area contributed by atoms with E-state index in [0.717, 1.165) is 16.5 Å². The van der Waals surface area contributed by atoms with Gasteiger partial charge in [0.15, 0.2) is 0 Å². The zero-order valence-corrected chi connectivity index (χ0v) is 14.4. The van der Waals surface area contributed by atoms with Crippen molar-refractivity contribution >= 4 is 34.2 Å². The molecule has 3 amide bonds. The maximum atomic E-state index is 12.5. The van der Waals surface area contributed by atoms with Gasteiger partial charge in [-0.15, -0.1) is 0 Å². The largest absolute Gasteiger partial charge is 0.347 e. The fourth-order valence-electron chi connectivity index (χ4n) is 3.02. The molecule has 0 aliphatic carbocycles. The molecule has 1 N–H and O–H groups in total. The highest BCUT2D eigenvalue weighted by molar-refractivity contribution is 6.07. The SMILES string of the molecule is CN(C)C(=O)CNC(=O)[C@@H]1CC(=O)N(c2cccc3ccccc23)C1. The summed E-state index contributed by atoms with van der Waals surface area (Å²) in [4.78, 5) is 39.4. The molecule has 3 rings (SSSR count). The maximum Gasteiger partial charge on any atom is 0.241 e.